The van der Waals surface area contributed by atoms with Crippen molar-refractivity contribution in [3.05, 3.63) is 38.3 Å². The van der Waals surface area contributed by atoms with Crippen LogP contribution in [-0.4, -0.2) is 14.9 Å². The lowest BCUT2D eigenvalue weighted by atomic mass is 9.87. The van der Waals surface area contributed by atoms with E-state index in [1.807, 2.05) is 24.0 Å². The second-order valence-corrected chi connectivity index (χ2v) is 7.03. The number of thiophene rings is 1. The van der Waals surface area contributed by atoms with Gasteiger partial charge in [-0.2, -0.15) is 16.4 Å². The van der Waals surface area contributed by atoms with Gasteiger partial charge in [0.25, 0.3) is 0 Å². The third-order valence-electron chi connectivity index (χ3n) is 2.80. The van der Waals surface area contributed by atoms with Crippen LogP contribution in [0.2, 0.25) is 0 Å². The molecule has 0 radical (unpaired) electrons. The number of aromatic nitrogens is 2. The third-order valence-corrected chi connectivity index (χ3v) is 4.55. The smallest absolute Gasteiger partial charge is 0.109 e. The van der Waals surface area contributed by atoms with Crippen LogP contribution in [0.3, 0.4) is 0 Å². The van der Waals surface area contributed by atoms with Crippen LogP contribution in [0.25, 0.3) is 0 Å². The predicted octanol–water partition coefficient (Wildman–Crippen LogP) is 3.62. The van der Waals surface area contributed by atoms with Crippen LogP contribution in [0.5, 0.6) is 0 Å². The van der Waals surface area contributed by atoms with Crippen LogP contribution in [0.4, 0.5) is 0 Å². The van der Waals surface area contributed by atoms with Crippen molar-refractivity contribution in [1.82, 2.24) is 9.78 Å². The molecule has 0 saturated heterocycles. The Kier molecular flexibility index (Phi) is 3.67. The summed E-state index contributed by atoms with van der Waals surface area (Å²) in [6.45, 7) is 6.32. The molecule has 0 amide bonds. The first-order chi connectivity index (χ1) is 8.30. The molecule has 0 aliphatic carbocycles. The van der Waals surface area contributed by atoms with Gasteiger partial charge in [-0.3, -0.25) is 4.68 Å². The summed E-state index contributed by atoms with van der Waals surface area (Å²) in [7, 11) is 1.88. The van der Waals surface area contributed by atoms with Gasteiger partial charge < -0.3 is 5.11 Å². The van der Waals surface area contributed by atoms with E-state index in [0.29, 0.717) is 0 Å². The first kappa shape index (κ1) is 13.8. The zero-order valence-electron chi connectivity index (χ0n) is 10.9. The number of hydrogen-bond acceptors (Lipinski definition) is 3. The topological polar surface area (TPSA) is 38.0 Å². The fraction of sp³-hybridized carbons (Fsp3) is 0.462. The summed E-state index contributed by atoms with van der Waals surface area (Å²) < 4.78 is 2.71. The minimum atomic E-state index is -0.631. The Morgan fingerprint density at radius 3 is 2.50 bits per heavy atom. The molecule has 0 aliphatic rings. The van der Waals surface area contributed by atoms with Gasteiger partial charge in [0.15, 0.2) is 0 Å². The summed E-state index contributed by atoms with van der Waals surface area (Å²) in [5.41, 5.74) is 2.64. The molecule has 1 unspecified atom stereocenters. The fourth-order valence-corrected chi connectivity index (χ4v) is 3.48. The summed E-state index contributed by atoms with van der Waals surface area (Å²) in [6, 6.07) is 0. The molecule has 98 valence electrons. The average molecular weight is 329 g/mol. The lowest BCUT2D eigenvalue weighted by Crippen LogP contribution is -2.16. The molecule has 0 fully saturated rings. The van der Waals surface area contributed by atoms with Crippen molar-refractivity contribution >= 4 is 27.3 Å². The summed E-state index contributed by atoms with van der Waals surface area (Å²) in [5.74, 6) is 0. The normalized spacial score (nSPS) is 13.9. The van der Waals surface area contributed by atoms with E-state index in [2.05, 4.69) is 41.8 Å². The molecular formula is C13H17BrN2OS. The van der Waals surface area contributed by atoms with E-state index in [1.54, 1.807) is 16.0 Å². The first-order valence-electron chi connectivity index (χ1n) is 5.74. The Bertz CT molecular complexity index is 554. The minimum Gasteiger partial charge on any atom is -0.383 e. The number of hydrogen-bond donors (Lipinski definition) is 1. The van der Waals surface area contributed by atoms with Gasteiger partial charge in [0.05, 0.1) is 5.69 Å². The summed E-state index contributed by atoms with van der Waals surface area (Å²) in [5, 5.41) is 19.0. The van der Waals surface area contributed by atoms with E-state index in [4.69, 9.17) is 0 Å². The van der Waals surface area contributed by atoms with Crippen molar-refractivity contribution < 1.29 is 5.11 Å². The molecule has 2 aromatic heterocycles. The van der Waals surface area contributed by atoms with Gasteiger partial charge in [-0.1, -0.05) is 20.8 Å². The quantitative estimate of drug-likeness (QED) is 0.914. The second-order valence-electron chi connectivity index (χ2n) is 5.43. The number of aliphatic hydroxyl groups excluding tert-OH is 1. The van der Waals surface area contributed by atoms with E-state index >= 15 is 0 Å². The lowest BCUT2D eigenvalue weighted by Gasteiger charge is -2.19. The van der Waals surface area contributed by atoms with Gasteiger partial charge in [-0.25, -0.2) is 0 Å². The molecule has 2 rings (SSSR count). The van der Waals surface area contributed by atoms with Crippen molar-refractivity contribution in [2.24, 2.45) is 7.05 Å². The number of aliphatic hydroxyl groups is 1. The molecular weight excluding hydrogens is 312 g/mol. The predicted molar refractivity (Wildman–Crippen MR) is 78.0 cm³/mol. The van der Waals surface area contributed by atoms with Gasteiger partial charge >= 0.3 is 0 Å². The molecule has 0 aromatic carbocycles. The largest absolute Gasteiger partial charge is 0.383 e. The first-order valence-corrected chi connectivity index (χ1v) is 7.48. The molecule has 18 heavy (non-hydrogen) atoms. The Labute approximate surface area is 120 Å². The Hall–Kier alpha value is -0.650. The summed E-state index contributed by atoms with van der Waals surface area (Å²) in [4.78, 5) is 0. The highest BCUT2D eigenvalue weighted by Gasteiger charge is 2.27. The van der Waals surface area contributed by atoms with Crippen LogP contribution in [-0.2, 0) is 12.5 Å². The Balaban J connectivity index is 2.49. The van der Waals surface area contributed by atoms with Gasteiger partial charge in [-0.15, -0.1) is 0 Å². The lowest BCUT2D eigenvalue weighted by molar-refractivity contribution is 0.217. The molecule has 2 aromatic rings. The van der Waals surface area contributed by atoms with Gasteiger partial charge in [0, 0.05) is 39.6 Å². The van der Waals surface area contributed by atoms with Crippen LogP contribution >= 0.6 is 27.3 Å². The number of aryl methyl sites for hydroxylation is 1. The number of halogens is 1. The SMILES string of the molecule is Cn1cc(C(O)c2cscc2Br)c(C(C)(C)C)n1. The van der Waals surface area contributed by atoms with E-state index in [0.717, 1.165) is 21.3 Å². The molecule has 3 nitrogen and oxygen atoms in total. The molecule has 0 spiro atoms. The zero-order valence-corrected chi connectivity index (χ0v) is 13.3. The van der Waals surface area contributed by atoms with Crippen LogP contribution in [0.1, 0.15) is 43.7 Å². The van der Waals surface area contributed by atoms with Crippen LogP contribution in [0, 0.1) is 0 Å². The highest BCUT2D eigenvalue weighted by Crippen LogP contribution is 2.35. The van der Waals surface area contributed by atoms with Gasteiger partial charge in [-0.05, 0) is 21.3 Å². The van der Waals surface area contributed by atoms with Crippen molar-refractivity contribution in [2.45, 2.75) is 32.3 Å². The molecule has 0 aliphatic heterocycles. The zero-order chi connectivity index (χ0) is 13.5. The van der Waals surface area contributed by atoms with Crippen molar-refractivity contribution in [1.29, 1.82) is 0 Å². The van der Waals surface area contributed by atoms with Gasteiger partial charge in [0.2, 0.25) is 0 Å². The summed E-state index contributed by atoms with van der Waals surface area (Å²) >= 11 is 5.04. The Morgan fingerprint density at radius 1 is 1.33 bits per heavy atom. The van der Waals surface area contributed by atoms with Crippen LogP contribution < -0.4 is 0 Å². The molecule has 5 heteroatoms. The van der Waals surface area contributed by atoms with E-state index < -0.39 is 6.10 Å². The highest BCUT2D eigenvalue weighted by molar-refractivity contribution is 9.10. The molecule has 0 bridgehead atoms. The van der Waals surface area contributed by atoms with Crippen molar-refractivity contribution in [2.75, 3.05) is 0 Å². The van der Waals surface area contributed by atoms with E-state index in [-0.39, 0.29) is 5.41 Å². The fourth-order valence-electron chi connectivity index (χ4n) is 1.94. The van der Waals surface area contributed by atoms with Crippen LogP contribution in [0.15, 0.2) is 21.4 Å². The van der Waals surface area contributed by atoms with E-state index in [9.17, 15) is 5.11 Å². The molecule has 1 N–H and O–H groups in total. The third kappa shape index (κ3) is 2.53. The summed E-state index contributed by atoms with van der Waals surface area (Å²) in [6.07, 6.45) is 1.27. The number of nitrogens with zero attached hydrogens (tertiary/aromatic N) is 2. The van der Waals surface area contributed by atoms with Crippen molar-refractivity contribution in [3.63, 3.8) is 0 Å². The monoisotopic (exact) mass is 328 g/mol. The number of rotatable bonds is 2. The van der Waals surface area contributed by atoms with E-state index in [1.165, 1.54) is 0 Å². The average Bonchev–Trinajstić information content (AvgIpc) is 2.82. The van der Waals surface area contributed by atoms with Crippen molar-refractivity contribution in [3.8, 4) is 0 Å². The maximum Gasteiger partial charge on any atom is 0.109 e. The second kappa shape index (κ2) is 4.79. The minimum absolute atomic E-state index is 0.0833. The molecule has 2 heterocycles. The molecule has 1 atom stereocenters. The maximum absolute atomic E-state index is 10.5. The standard InChI is InChI=1S/C13H17BrN2OS/c1-13(2,3)12-8(5-16(4)15-12)11(17)9-6-18-7-10(9)14/h5-7,11,17H,1-4H3. The van der Waals surface area contributed by atoms with Gasteiger partial charge in [0.1, 0.15) is 6.10 Å². The maximum atomic E-state index is 10.5. The molecule has 0 saturated carbocycles. The Morgan fingerprint density at radius 2 is 2.00 bits per heavy atom. The highest BCUT2D eigenvalue weighted by atomic mass is 79.9.